The average Bonchev–Trinajstić information content (AvgIpc) is 3.45. The molecule has 0 atom stereocenters. The quantitative estimate of drug-likeness (QED) is 0.208. The van der Waals surface area contributed by atoms with Crippen molar-refractivity contribution < 1.29 is 13.0 Å². The van der Waals surface area contributed by atoms with Crippen LogP contribution >= 0.6 is 57.3 Å². The van der Waals surface area contributed by atoms with Gasteiger partial charge in [0.1, 0.15) is 17.1 Å². The number of nitrogens with zero attached hydrogens (tertiary/aromatic N) is 2. The number of carbonyl (C=O) groups is 1. The van der Waals surface area contributed by atoms with Crippen LogP contribution in [0.4, 0.5) is 10.9 Å². The Balaban J connectivity index is 1.73. The van der Waals surface area contributed by atoms with Crippen molar-refractivity contribution in [2.45, 2.75) is 20.3 Å². The van der Waals surface area contributed by atoms with Crippen LogP contribution < -0.4 is 5.32 Å². The molecule has 10 heteroatoms. The zero-order valence-corrected chi connectivity index (χ0v) is 22.2. The number of anilines is 2. The Hall–Kier alpha value is -2.21. The first-order valence-corrected chi connectivity index (χ1v) is 12.9. The minimum atomic E-state index is -0.492. The maximum atomic E-state index is 12.5. The van der Waals surface area contributed by atoms with Crippen LogP contribution in [0.3, 0.4) is 0 Å². The molecule has 2 N–H and O–H groups in total. The summed E-state index contributed by atoms with van der Waals surface area (Å²) in [6.45, 7) is 4.28. The van der Waals surface area contributed by atoms with Gasteiger partial charge < -0.3 is 13.5 Å². The number of pyridine rings is 1. The molecular weight excluding hydrogens is 593 g/mol. The van der Waals surface area contributed by atoms with E-state index in [1.807, 2.05) is 17.5 Å². The van der Waals surface area contributed by atoms with Gasteiger partial charge in [0.05, 0.1) is 10.7 Å². The summed E-state index contributed by atoms with van der Waals surface area (Å²) >= 11 is 10.8. The van der Waals surface area contributed by atoms with Crippen LogP contribution in [-0.2, 0) is 9.49 Å². The second kappa shape index (κ2) is 10.4. The lowest BCUT2D eigenvalue weighted by atomic mass is 10.0. The molecule has 0 aliphatic carbocycles. The number of thiophene rings is 1. The summed E-state index contributed by atoms with van der Waals surface area (Å²) in [7, 11) is 0. The van der Waals surface area contributed by atoms with Crippen molar-refractivity contribution >= 4 is 74.2 Å². The SMILES string of the molecule is CC(C)Cc1sc(Nc2ncc(-c3cccs3)cc2C(=O)OI)nc1-c1ccc(O)c(Cl)c1. The molecule has 0 unspecified atom stereocenters. The van der Waals surface area contributed by atoms with Gasteiger partial charge >= 0.3 is 5.97 Å². The van der Waals surface area contributed by atoms with Crippen LogP contribution in [0.2, 0.25) is 5.02 Å². The molecule has 0 bridgehead atoms. The zero-order chi connectivity index (χ0) is 23.5. The van der Waals surface area contributed by atoms with Gasteiger partial charge in [-0.3, -0.25) is 0 Å². The van der Waals surface area contributed by atoms with Crippen LogP contribution in [0.1, 0.15) is 29.1 Å². The Morgan fingerprint density at radius 1 is 1.27 bits per heavy atom. The number of hydrogen-bond donors (Lipinski definition) is 2. The molecule has 3 heterocycles. The summed E-state index contributed by atoms with van der Waals surface area (Å²) in [4.78, 5) is 23.9. The van der Waals surface area contributed by atoms with E-state index in [9.17, 15) is 9.90 Å². The minimum absolute atomic E-state index is 0.0244. The highest BCUT2D eigenvalue weighted by Gasteiger charge is 2.20. The van der Waals surface area contributed by atoms with E-state index in [2.05, 4.69) is 24.1 Å². The first kappa shape index (κ1) is 23.9. The Kier molecular flexibility index (Phi) is 7.52. The van der Waals surface area contributed by atoms with Crippen molar-refractivity contribution in [3.63, 3.8) is 0 Å². The maximum Gasteiger partial charge on any atom is 0.351 e. The number of aromatic hydroxyl groups is 1. The van der Waals surface area contributed by atoms with Crippen LogP contribution in [-0.4, -0.2) is 21.0 Å². The van der Waals surface area contributed by atoms with E-state index in [1.165, 1.54) is 11.3 Å². The van der Waals surface area contributed by atoms with E-state index in [0.29, 0.717) is 22.4 Å². The van der Waals surface area contributed by atoms with Gasteiger partial charge in [0.15, 0.2) is 28.1 Å². The molecule has 4 rings (SSSR count). The number of rotatable bonds is 7. The molecule has 6 nitrogen and oxygen atoms in total. The second-order valence-corrected chi connectivity index (χ2v) is 10.5. The van der Waals surface area contributed by atoms with Gasteiger partial charge in [0, 0.05) is 27.1 Å². The van der Waals surface area contributed by atoms with Crippen LogP contribution in [0.25, 0.3) is 21.7 Å². The number of halogens is 2. The summed E-state index contributed by atoms with van der Waals surface area (Å²) < 4.78 is 4.96. The van der Waals surface area contributed by atoms with Gasteiger partial charge in [-0.05, 0) is 48.1 Å². The van der Waals surface area contributed by atoms with Crippen molar-refractivity contribution in [2.24, 2.45) is 5.92 Å². The summed E-state index contributed by atoms with van der Waals surface area (Å²) in [6, 6.07) is 10.7. The predicted molar refractivity (Wildman–Crippen MR) is 143 cm³/mol. The van der Waals surface area contributed by atoms with Gasteiger partial charge in [-0.15, -0.1) is 22.7 Å². The molecule has 170 valence electrons. The fourth-order valence-corrected chi connectivity index (χ4v) is 5.56. The van der Waals surface area contributed by atoms with Crippen LogP contribution in [0.15, 0.2) is 48.0 Å². The van der Waals surface area contributed by atoms with Gasteiger partial charge in [0.25, 0.3) is 0 Å². The first-order chi connectivity index (χ1) is 15.9. The molecule has 0 fully saturated rings. The highest BCUT2D eigenvalue weighted by molar-refractivity contribution is 14.1. The molecule has 3 aromatic heterocycles. The fraction of sp³-hybridized carbons (Fsp3) is 0.174. The molecule has 0 aliphatic rings. The number of phenols is 1. The van der Waals surface area contributed by atoms with E-state index in [-0.39, 0.29) is 10.8 Å². The molecule has 0 saturated heterocycles. The number of phenolic OH excluding ortho intramolecular Hbond substituents is 1. The largest absolute Gasteiger partial charge is 0.506 e. The number of thiazole rings is 1. The Labute approximate surface area is 218 Å². The Bertz CT molecular complexity index is 1290. The molecule has 0 aliphatic heterocycles. The molecular formula is C23H19ClIN3O3S2. The van der Waals surface area contributed by atoms with Crippen molar-refractivity contribution in [1.29, 1.82) is 0 Å². The fourth-order valence-electron chi connectivity index (χ4n) is 3.23. The topological polar surface area (TPSA) is 84.3 Å². The van der Waals surface area contributed by atoms with Gasteiger partial charge in [-0.1, -0.05) is 31.5 Å². The summed E-state index contributed by atoms with van der Waals surface area (Å²) in [6.07, 6.45) is 2.54. The van der Waals surface area contributed by atoms with E-state index in [4.69, 9.17) is 19.7 Å². The third-order valence-corrected chi connectivity index (χ3v) is 7.34. The lowest BCUT2D eigenvalue weighted by Crippen LogP contribution is -2.06. The maximum absolute atomic E-state index is 12.5. The molecule has 0 radical (unpaired) electrons. The second-order valence-electron chi connectivity index (χ2n) is 7.64. The van der Waals surface area contributed by atoms with E-state index in [0.717, 1.165) is 33.0 Å². The van der Waals surface area contributed by atoms with Gasteiger partial charge in [0.2, 0.25) is 0 Å². The van der Waals surface area contributed by atoms with E-state index < -0.39 is 5.97 Å². The normalized spacial score (nSPS) is 11.1. The molecule has 0 spiro atoms. The zero-order valence-electron chi connectivity index (χ0n) is 17.6. The number of nitrogens with one attached hydrogen (secondary N) is 1. The summed E-state index contributed by atoms with van der Waals surface area (Å²) in [5.74, 6) is 0.319. The highest BCUT2D eigenvalue weighted by Crippen LogP contribution is 2.37. The standard InChI is InChI=1S/C23H19ClIN3O3S2/c1-12(2)8-19-20(13-5-6-17(29)16(24)10-13)27-23(33-19)28-21-15(22(30)31-25)9-14(11-26-21)18-4-3-7-32-18/h3-7,9-12,29H,8H2,1-2H3,(H,26,27,28). The molecule has 33 heavy (non-hydrogen) atoms. The monoisotopic (exact) mass is 611 g/mol. The lowest BCUT2D eigenvalue weighted by molar-refractivity contribution is 0.0801. The lowest BCUT2D eigenvalue weighted by Gasteiger charge is -2.08. The van der Waals surface area contributed by atoms with Crippen molar-refractivity contribution in [2.75, 3.05) is 5.32 Å². The van der Waals surface area contributed by atoms with Crippen LogP contribution in [0, 0.1) is 5.92 Å². The van der Waals surface area contributed by atoms with Crippen LogP contribution in [0.5, 0.6) is 5.75 Å². The molecule has 0 amide bonds. The molecule has 1 aromatic carbocycles. The van der Waals surface area contributed by atoms with E-state index >= 15 is 0 Å². The summed E-state index contributed by atoms with van der Waals surface area (Å²) in [5.41, 5.74) is 2.76. The third kappa shape index (κ3) is 5.48. The molecule has 4 aromatic rings. The Morgan fingerprint density at radius 3 is 2.76 bits per heavy atom. The van der Waals surface area contributed by atoms with Gasteiger partial charge in [-0.2, -0.15) is 0 Å². The average molecular weight is 612 g/mol. The highest BCUT2D eigenvalue weighted by atomic mass is 127. The number of hydrogen-bond acceptors (Lipinski definition) is 8. The number of carbonyl (C=O) groups excluding carboxylic acids is 1. The van der Waals surface area contributed by atoms with E-state index in [1.54, 1.807) is 64.8 Å². The summed E-state index contributed by atoms with van der Waals surface area (Å²) in [5, 5.41) is 15.8. The van der Waals surface area contributed by atoms with Crippen molar-refractivity contribution in [1.82, 2.24) is 9.97 Å². The number of aromatic nitrogens is 2. The smallest absolute Gasteiger partial charge is 0.351 e. The first-order valence-electron chi connectivity index (χ1n) is 9.98. The third-order valence-electron chi connectivity index (χ3n) is 4.72. The minimum Gasteiger partial charge on any atom is -0.506 e. The Morgan fingerprint density at radius 2 is 2.09 bits per heavy atom. The van der Waals surface area contributed by atoms with Crippen molar-refractivity contribution in [3.8, 4) is 27.4 Å². The van der Waals surface area contributed by atoms with Crippen molar-refractivity contribution in [3.05, 3.63) is 63.4 Å². The van der Waals surface area contributed by atoms with Gasteiger partial charge in [-0.25, -0.2) is 14.8 Å². The number of benzene rings is 1. The molecule has 0 saturated carbocycles. The predicted octanol–water partition coefficient (Wildman–Crippen LogP) is 7.74.